The molecule has 2 amide bonds. The Morgan fingerprint density at radius 1 is 1.33 bits per heavy atom. The Morgan fingerprint density at radius 2 is 1.94 bits per heavy atom. The van der Waals surface area contributed by atoms with Gasteiger partial charge in [0.25, 0.3) is 0 Å². The van der Waals surface area contributed by atoms with Crippen molar-refractivity contribution in [1.29, 1.82) is 0 Å². The second-order valence-corrected chi connectivity index (χ2v) is 3.93. The van der Waals surface area contributed by atoms with Crippen molar-refractivity contribution in [3.05, 3.63) is 46.9 Å². The Balaban J connectivity index is 2.46. The van der Waals surface area contributed by atoms with Crippen molar-refractivity contribution in [1.82, 2.24) is 10.6 Å². The molecule has 5 nitrogen and oxygen atoms in total. The van der Waals surface area contributed by atoms with E-state index in [2.05, 4.69) is 10.6 Å². The summed E-state index contributed by atoms with van der Waals surface area (Å²) in [6.45, 7) is 1.51. The van der Waals surface area contributed by atoms with E-state index in [1.807, 2.05) is 0 Å². The number of aliphatic carboxylic acids is 1. The van der Waals surface area contributed by atoms with Crippen LogP contribution >= 0.6 is 0 Å². The summed E-state index contributed by atoms with van der Waals surface area (Å²) in [5, 5.41) is 14.1. The lowest BCUT2D eigenvalue weighted by Crippen LogP contribution is -2.45. The standard InChI is InChI=1S/C12H11FN2O3/c1-6-9(11(16)17)10(15-12(18)14-6)7-2-4-8(13)5-3-7/h2-5,10H,1H3,(H,16,17)(H2,14,15,18)/t10-/m0/s1. The SMILES string of the molecule is CC1=C(C(=O)O)[C@H](c2ccc(F)cc2)NC(=O)N1. The first-order valence-electron chi connectivity index (χ1n) is 5.26. The highest BCUT2D eigenvalue weighted by atomic mass is 19.1. The molecule has 1 heterocycles. The van der Waals surface area contributed by atoms with Crippen LogP contribution in [0.15, 0.2) is 35.5 Å². The lowest BCUT2D eigenvalue weighted by atomic mass is 9.96. The maximum Gasteiger partial charge on any atom is 0.335 e. The Labute approximate surface area is 102 Å². The van der Waals surface area contributed by atoms with E-state index >= 15 is 0 Å². The van der Waals surface area contributed by atoms with Gasteiger partial charge in [0.15, 0.2) is 0 Å². The molecule has 1 aromatic rings. The van der Waals surface area contributed by atoms with E-state index in [-0.39, 0.29) is 11.3 Å². The van der Waals surface area contributed by atoms with Gasteiger partial charge in [0.05, 0.1) is 11.6 Å². The second kappa shape index (κ2) is 4.48. The van der Waals surface area contributed by atoms with E-state index in [4.69, 9.17) is 5.11 Å². The van der Waals surface area contributed by atoms with E-state index < -0.39 is 23.9 Å². The van der Waals surface area contributed by atoms with Gasteiger partial charge in [-0.2, -0.15) is 0 Å². The molecule has 6 heteroatoms. The fourth-order valence-electron chi connectivity index (χ4n) is 1.88. The third kappa shape index (κ3) is 2.17. The van der Waals surface area contributed by atoms with Gasteiger partial charge in [-0.05, 0) is 24.6 Å². The first-order valence-corrected chi connectivity index (χ1v) is 5.26. The van der Waals surface area contributed by atoms with Crippen LogP contribution in [0.3, 0.4) is 0 Å². The number of urea groups is 1. The highest BCUT2D eigenvalue weighted by molar-refractivity contribution is 5.93. The van der Waals surface area contributed by atoms with Crippen LogP contribution in [0, 0.1) is 5.82 Å². The molecule has 0 saturated carbocycles. The number of hydrogen-bond acceptors (Lipinski definition) is 2. The number of benzene rings is 1. The van der Waals surface area contributed by atoms with Crippen LogP contribution in [0.5, 0.6) is 0 Å². The van der Waals surface area contributed by atoms with Crippen LogP contribution in [-0.2, 0) is 4.79 Å². The molecule has 3 N–H and O–H groups in total. The van der Waals surface area contributed by atoms with Crippen LogP contribution < -0.4 is 10.6 Å². The van der Waals surface area contributed by atoms with Crippen LogP contribution in [0.4, 0.5) is 9.18 Å². The Kier molecular flexibility index (Phi) is 3.01. The minimum Gasteiger partial charge on any atom is -0.478 e. The summed E-state index contributed by atoms with van der Waals surface area (Å²) in [5.41, 5.74) is 0.838. The topological polar surface area (TPSA) is 78.4 Å². The van der Waals surface area contributed by atoms with E-state index in [0.29, 0.717) is 5.56 Å². The molecule has 1 aliphatic heterocycles. The van der Waals surface area contributed by atoms with Crippen molar-refractivity contribution in [2.45, 2.75) is 13.0 Å². The van der Waals surface area contributed by atoms with Gasteiger partial charge in [0.1, 0.15) is 5.82 Å². The smallest absolute Gasteiger partial charge is 0.335 e. The van der Waals surface area contributed by atoms with Crippen molar-refractivity contribution in [2.75, 3.05) is 0 Å². The maximum atomic E-state index is 12.8. The zero-order chi connectivity index (χ0) is 13.3. The largest absolute Gasteiger partial charge is 0.478 e. The van der Waals surface area contributed by atoms with Gasteiger partial charge < -0.3 is 15.7 Å². The molecule has 0 aliphatic carbocycles. The van der Waals surface area contributed by atoms with Gasteiger partial charge in [-0.15, -0.1) is 0 Å². The van der Waals surface area contributed by atoms with Gasteiger partial charge >= 0.3 is 12.0 Å². The van der Waals surface area contributed by atoms with Crippen molar-refractivity contribution < 1.29 is 19.1 Å². The molecule has 1 atom stereocenters. The molecule has 94 valence electrons. The fraction of sp³-hybridized carbons (Fsp3) is 0.167. The number of nitrogens with one attached hydrogen (secondary N) is 2. The van der Waals surface area contributed by atoms with Gasteiger partial charge in [0, 0.05) is 5.70 Å². The molecule has 0 fully saturated rings. The van der Waals surface area contributed by atoms with E-state index in [1.54, 1.807) is 0 Å². The lowest BCUT2D eigenvalue weighted by molar-refractivity contribution is -0.133. The summed E-state index contributed by atoms with van der Waals surface area (Å²) < 4.78 is 12.8. The molecule has 2 rings (SSSR count). The summed E-state index contributed by atoms with van der Waals surface area (Å²) >= 11 is 0. The van der Waals surface area contributed by atoms with E-state index in [1.165, 1.54) is 31.2 Å². The van der Waals surface area contributed by atoms with Crippen LogP contribution in [0.1, 0.15) is 18.5 Å². The number of rotatable bonds is 2. The predicted molar refractivity (Wildman–Crippen MR) is 61.1 cm³/mol. The number of carbonyl (C=O) groups excluding carboxylic acids is 1. The molecule has 1 aromatic carbocycles. The molecule has 1 aliphatic rings. The lowest BCUT2D eigenvalue weighted by Gasteiger charge is -2.27. The number of amides is 2. The summed E-state index contributed by atoms with van der Waals surface area (Å²) in [4.78, 5) is 22.6. The maximum absolute atomic E-state index is 12.8. The molecular formula is C12H11FN2O3. The number of carboxylic acids is 1. The zero-order valence-corrected chi connectivity index (χ0v) is 9.53. The summed E-state index contributed by atoms with van der Waals surface area (Å²) in [6, 6.07) is 4.07. The van der Waals surface area contributed by atoms with Gasteiger partial charge in [0.2, 0.25) is 0 Å². The van der Waals surface area contributed by atoms with E-state index in [0.717, 1.165) is 0 Å². The quantitative estimate of drug-likeness (QED) is 0.745. The van der Waals surface area contributed by atoms with Crippen molar-refractivity contribution in [3.63, 3.8) is 0 Å². The summed E-state index contributed by atoms with van der Waals surface area (Å²) in [7, 11) is 0. The number of carbonyl (C=O) groups is 2. The Hall–Kier alpha value is -2.37. The van der Waals surface area contributed by atoms with Crippen LogP contribution in [-0.4, -0.2) is 17.1 Å². The van der Waals surface area contributed by atoms with Crippen molar-refractivity contribution >= 4 is 12.0 Å². The number of carboxylic acid groups (broad SMARTS) is 1. The zero-order valence-electron chi connectivity index (χ0n) is 9.53. The minimum absolute atomic E-state index is 0.0428. The van der Waals surface area contributed by atoms with Gasteiger partial charge in [-0.3, -0.25) is 0 Å². The Morgan fingerprint density at radius 3 is 2.50 bits per heavy atom. The van der Waals surface area contributed by atoms with Gasteiger partial charge in [-0.1, -0.05) is 12.1 Å². The van der Waals surface area contributed by atoms with Crippen LogP contribution in [0.2, 0.25) is 0 Å². The predicted octanol–water partition coefficient (Wildman–Crippen LogP) is 1.54. The third-order valence-corrected chi connectivity index (χ3v) is 2.70. The van der Waals surface area contributed by atoms with Crippen molar-refractivity contribution in [3.8, 4) is 0 Å². The third-order valence-electron chi connectivity index (χ3n) is 2.70. The first-order chi connectivity index (χ1) is 8.49. The summed E-state index contributed by atoms with van der Waals surface area (Å²) in [6.07, 6.45) is 0. The molecular weight excluding hydrogens is 239 g/mol. The van der Waals surface area contributed by atoms with Crippen molar-refractivity contribution in [2.24, 2.45) is 0 Å². The average Bonchev–Trinajstić information content (AvgIpc) is 2.28. The number of allylic oxidation sites excluding steroid dienone is 1. The molecule has 18 heavy (non-hydrogen) atoms. The molecule has 0 unspecified atom stereocenters. The molecule has 0 radical (unpaired) electrons. The van der Waals surface area contributed by atoms with Gasteiger partial charge in [-0.25, -0.2) is 14.0 Å². The second-order valence-electron chi connectivity index (χ2n) is 3.93. The number of hydrogen-bond donors (Lipinski definition) is 3. The van der Waals surface area contributed by atoms with Crippen LogP contribution in [0.25, 0.3) is 0 Å². The highest BCUT2D eigenvalue weighted by Crippen LogP contribution is 2.26. The summed E-state index contributed by atoms with van der Waals surface area (Å²) in [5.74, 6) is -1.55. The fourth-order valence-corrected chi connectivity index (χ4v) is 1.88. The number of halogens is 1. The minimum atomic E-state index is -1.13. The highest BCUT2D eigenvalue weighted by Gasteiger charge is 2.30. The molecule has 0 bridgehead atoms. The monoisotopic (exact) mass is 250 g/mol. The first kappa shape index (κ1) is 12.1. The molecule has 0 saturated heterocycles. The van der Waals surface area contributed by atoms with E-state index in [9.17, 15) is 14.0 Å². The normalized spacial score (nSPS) is 19.2. The Bertz CT molecular complexity index is 537. The molecule has 0 spiro atoms. The molecule has 0 aromatic heterocycles. The average molecular weight is 250 g/mol.